The third-order valence-electron chi connectivity index (χ3n) is 6.54. The number of methoxy groups -OCH3 is 1. The first-order valence-electron chi connectivity index (χ1n) is 13.9. The molecule has 0 fully saturated rings. The van der Waals surface area contributed by atoms with E-state index >= 15 is 0 Å². The maximum absolute atomic E-state index is 12.5. The number of benzene rings is 2. The number of esters is 1. The van der Waals surface area contributed by atoms with Crippen LogP contribution in [0.4, 0.5) is 5.69 Å². The topological polar surface area (TPSA) is 131 Å². The highest BCUT2D eigenvalue weighted by Crippen LogP contribution is 2.23. The predicted molar refractivity (Wildman–Crippen MR) is 165 cm³/mol. The van der Waals surface area contributed by atoms with E-state index in [2.05, 4.69) is 36.6 Å². The molecule has 1 atom stereocenters. The molecule has 1 unspecified atom stereocenters. The molecule has 0 saturated carbocycles. The molecule has 0 spiro atoms. The summed E-state index contributed by atoms with van der Waals surface area (Å²) in [5, 5.41) is 6.37. The van der Waals surface area contributed by atoms with Gasteiger partial charge in [-0.15, -0.1) is 0 Å². The van der Waals surface area contributed by atoms with Crippen molar-refractivity contribution in [3.63, 3.8) is 0 Å². The lowest BCUT2D eigenvalue weighted by molar-refractivity contribution is -0.169. The van der Waals surface area contributed by atoms with Crippen LogP contribution in [-0.4, -0.2) is 65.9 Å². The summed E-state index contributed by atoms with van der Waals surface area (Å²) in [7, 11) is 1.24. The summed E-state index contributed by atoms with van der Waals surface area (Å²) in [5.41, 5.74) is 3.86. The van der Waals surface area contributed by atoms with Crippen LogP contribution in [0.5, 0.6) is 0 Å². The molecule has 0 saturated heterocycles. The number of carbonyl (C=O) groups is 5. The quantitative estimate of drug-likeness (QED) is 0.121. The van der Waals surface area contributed by atoms with Gasteiger partial charge in [0.2, 0.25) is 5.91 Å². The molecule has 0 radical (unpaired) electrons. The minimum atomic E-state index is -0.924. The summed E-state index contributed by atoms with van der Waals surface area (Å²) in [6.45, 7) is 4.95. The van der Waals surface area contributed by atoms with Crippen molar-refractivity contribution in [2.45, 2.75) is 45.6 Å². The lowest BCUT2D eigenvalue weighted by Gasteiger charge is -2.16. The fourth-order valence-electron chi connectivity index (χ4n) is 4.10. The molecule has 43 heavy (non-hydrogen) atoms. The van der Waals surface area contributed by atoms with Crippen LogP contribution in [-0.2, 0) is 24.0 Å². The Bertz CT molecular complexity index is 1340. The number of hydroxylamine groups is 2. The number of ether oxygens (including phenoxy) is 1. The zero-order valence-corrected chi connectivity index (χ0v) is 25.4. The van der Waals surface area contributed by atoms with Crippen molar-refractivity contribution in [2.24, 2.45) is 0 Å². The van der Waals surface area contributed by atoms with Gasteiger partial charge in [0.25, 0.3) is 11.8 Å². The molecule has 11 heteroatoms. The fraction of sp³-hybridized carbons (Fsp3) is 0.344. The van der Waals surface area contributed by atoms with E-state index < -0.39 is 42.1 Å². The average molecular weight is 608 g/mol. The number of fused-ring (bicyclic) bond motifs is 1. The number of hydrogen-bond acceptors (Lipinski definition) is 9. The van der Waals surface area contributed by atoms with E-state index in [4.69, 9.17) is 9.57 Å². The lowest BCUT2D eigenvalue weighted by Crippen LogP contribution is -2.43. The van der Waals surface area contributed by atoms with Crippen molar-refractivity contribution in [1.82, 2.24) is 10.4 Å². The van der Waals surface area contributed by atoms with Gasteiger partial charge in [-0.05, 0) is 51.0 Å². The van der Waals surface area contributed by atoms with Gasteiger partial charge in [-0.3, -0.25) is 14.4 Å². The van der Waals surface area contributed by atoms with Crippen LogP contribution in [0.3, 0.4) is 0 Å². The third-order valence-corrected chi connectivity index (χ3v) is 7.51. The molecule has 3 amide bonds. The molecule has 2 aromatic rings. The van der Waals surface area contributed by atoms with Crippen molar-refractivity contribution in [3.8, 4) is 0 Å². The number of amides is 3. The van der Waals surface area contributed by atoms with Crippen LogP contribution >= 0.6 is 11.8 Å². The van der Waals surface area contributed by atoms with E-state index in [-0.39, 0.29) is 23.3 Å². The number of carbonyl (C=O) groups excluding carboxylic acids is 5. The maximum Gasteiger partial charge on any atom is 0.333 e. The van der Waals surface area contributed by atoms with Crippen LogP contribution in [0.15, 0.2) is 77.9 Å². The van der Waals surface area contributed by atoms with Crippen LogP contribution in [0.1, 0.15) is 60.2 Å². The monoisotopic (exact) mass is 607 g/mol. The Morgan fingerprint density at radius 3 is 2.19 bits per heavy atom. The number of nitrogens with one attached hydrogen (secondary N) is 2. The summed E-state index contributed by atoms with van der Waals surface area (Å²) in [6, 6.07) is 15.3. The Hall–Kier alpha value is -4.38. The van der Waals surface area contributed by atoms with Crippen LogP contribution in [0.2, 0.25) is 0 Å². The zero-order chi connectivity index (χ0) is 31.2. The number of allylic oxidation sites excluding steroid dienone is 2. The summed E-state index contributed by atoms with van der Waals surface area (Å²) >= 11 is 1.47. The molecular formula is C32H37N3O7S. The second-order valence-electron chi connectivity index (χ2n) is 9.95. The molecular weight excluding hydrogens is 570 g/mol. The summed E-state index contributed by atoms with van der Waals surface area (Å²) in [4.78, 5) is 66.5. The predicted octanol–water partition coefficient (Wildman–Crippen LogP) is 4.70. The maximum atomic E-state index is 12.5. The van der Waals surface area contributed by atoms with Gasteiger partial charge in [0.05, 0.1) is 24.7 Å². The van der Waals surface area contributed by atoms with Crippen LogP contribution in [0.25, 0.3) is 0 Å². The lowest BCUT2D eigenvalue weighted by atomic mass is 10.1. The Balaban J connectivity index is 1.36. The van der Waals surface area contributed by atoms with Gasteiger partial charge < -0.3 is 20.2 Å². The van der Waals surface area contributed by atoms with Gasteiger partial charge in [-0.1, -0.05) is 58.7 Å². The normalized spacial score (nSPS) is 13.8. The Morgan fingerprint density at radius 1 is 0.884 bits per heavy atom. The first-order valence-corrected chi connectivity index (χ1v) is 15.1. The first kappa shape index (κ1) is 33.1. The van der Waals surface area contributed by atoms with E-state index in [1.54, 1.807) is 12.1 Å². The SMILES string of the molecule is COC(=O)C(CSCC=C(C)CCC=C(C)CNc1ccccc1)NC(=O)CCC(=O)ON1C(=O)c2ccccc2C1=O. The van der Waals surface area contributed by atoms with E-state index in [1.807, 2.05) is 30.3 Å². The number of thioether (sulfide) groups is 1. The largest absolute Gasteiger partial charge is 0.467 e. The Labute approximate surface area is 255 Å². The number of nitrogens with zero attached hydrogens (tertiary/aromatic N) is 1. The third kappa shape index (κ3) is 10.4. The molecule has 0 aliphatic carbocycles. The number of anilines is 1. The summed E-state index contributed by atoms with van der Waals surface area (Å²) in [5.74, 6) is -2.63. The number of para-hydroxylation sites is 1. The summed E-state index contributed by atoms with van der Waals surface area (Å²) < 4.78 is 4.82. The second kappa shape index (κ2) is 16.9. The molecule has 2 N–H and O–H groups in total. The van der Waals surface area contributed by atoms with E-state index in [0.717, 1.165) is 25.1 Å². The van der Waals surface area contributed by atoms with Gasteiger partial charge >= 0.3 is 11.9 Å². The number of hydrogen-bond donors (Lipinski definition) is 2. The second-order valence-corrected chi connectivity index (χ2v) is 11.0. The number of rotatable bonds is 16. The standard InChI is InChI=1S/C32H37N3O7S/c1-22(10-9-11-23(2)20-33-24-12-5-4-6-13-24)18-19-43-21-27(32(40)41-3)34-28(36)16-17-29(37)42-35-30(38)25-14-7-8-15-26(25)31(35)39/h4-8,11-15,18,27,33H,9-10,16-17,19-21H2,1-3H3,(H,34,36). The Kier molecular flexibility index (Phi) is 13.0. The van der Waals surface area contributed by atoms with Crippen LogP contribution < -0.4 is 10.6 Å². The summed E-state index contributed by atoms with van der Waals surface area (Å²) in [6.07, 6.45) is 5.47. The zero-order valence-electron chi connectivity index (χ0n) is 24.6. The van der Waals surface area contributed by atoms with Gasteiger partial charge in [0, 0.05) is 30.2 Å². The molecule has 3 rings (SSSR count). The van der Waals surface area contributed by atoms with Crippen molar-refractivity contribution < 1.29 is 33.5 Å². The molecule has 10 nitrogen and oxygen atoms in total. The molecule has 1 aliphatic heterocycles. The molecule has 2 aromatic carbocycles. The molecule has 228 valence electrons. The highest BCUT2D eigenvalue weighted by Gasteiger charge is 2.38. The van der Waals surface area contributed by atoms with E-state index in [0.29, 0.717) is 10.8 Å². The average Bonchev–Trinajstić information content (AvgIpc) is 3.25. The fourth-order valence-corrected chi connectivity index (χ4v) is 5.09. The minimum Gasteiger partial charge on any atom is -0.467 e. The highest BCUT2D eigenvalue weighted by atomic mass is 32.2. The highest BCUT2D eigenvalue weighted by molar-refractivity contribution is 7.99. The van der Waals surface area contributed by atoms with Crippen molar-refractivity contribution in [1.29, 1.82) is 0 Å². The van der Waals surface area contributed by atoms with Gasteiger partial charge in [-0.25, -0.2) is 9.59 Å². The van der Waals surface area contributed by atoms with E-state index in [1.165, 1.54) is 42.2 Å². The Morgan fingerprint density at radius 2 is 1.53 bits per heavy atom. The van der Waals surface area contributed by atoms with Crippen molar-refractivity contribution >= 4 is 47.1 Å². The number of imide groups is 1. The van der Waals surface area contributed by atoms with Gasteiger partial charge in [-0.2, -0.15) is 11.8 Å². The minimum absolute atomic E-state index is 0.139. The van der Waals surface area contributed by atoms with Crippen LogP contribution in [0, 0.1) is 0 Å². The smallest absolute Gasteiger partial charge is 0.333 e. The van der Waals surface area contributed by atoms with Gasteiger partial charge in [0.1, 0.15) is 6.04 Å². The molecule has 0 aromatic heterocycles. The van der Waals surface area contributed by atoms with Crippen molar-refractivity contribution in [3.05, 3.63) is 89.0 Å². The first-order chi connectivity index (χ1) is 20.7. The molecule has 0 bridgehead atoms. The molecule has 1 heterocycles. The van der Waals surface area contributed by atoms with E-state index in [9.17, 15) is 24.0 Å². The van der Waals surface area contributed by atoms with Gasteiger partial charge in [0.15, 0.2) is 0 Å². The molecule has 1 aliphatic rings. The van der Waals surface area contributed by atoms with Crippen molar-refractivity contribution in [2.75, 3.05) is 30.5 Å².